The maximum Gasteiger partial charge on any atom is 0.417 e. The smallest absolute Gasteiger partial charge is 0.305 e. The van der Waals surface area contributed by atoms with E-state index >= 15 is 0 Å². The highest BCUT2D eigenvalue weighted by Gasteiger charge is 2.52. The molecule has 0 radical (unpaired) electrons. The molecule has 0 aliphatic carbocycles. The second-order valence-corrected chi connectivity index (χ2v) is 11.8. The highest BCUT2D eigenvalue weighted by atomic mass is 32.2. The molecule has 1 heterocycles. The van der Waals surface area contributed by atoms with Crippen molar-refractivity contribution >= 4 is 33.3 Å². The summed E-state index contributed by atoms with van der Waals surface area (Å²) in [6.07, 6.45) is -9.52. The number of benzene rings is 3. The van der Waals surface area contributed by atoms with Gasteiger partial charge in [0.05, 0.1) is 46.4 Å². The monoisotopic (exact) mass is 624 g/mol. The molecule has 0 spiro atoms. The molecule has 0 atom stereocenters. The van der Waals surface area contributed by atoms with Gasteiger partial charge < -0.3 is 4.90 Å². The molecule has 1 saturated heterocycles. The Morgan fingerprint density at radius 1 is 0.907 bits per heavy atom. The zero-order valence-corrected chi connectivity index (χ0v) is 23.2. The Bertz CT molecular complexity index is 1730. The Balaban J connectivity index is 1.60. The average molecular weight is 625 g/mol. The van der Waals surface area contributed by atoms with Crippen LogP contribution in [0.3, 0.4) is 0 Å². The first kappa shape index (κ1) is 31.4. The lowest BCUT2D eigenvalue weighted by atomic mass is 10.0. The van der Waals surface area contributed by atoms with Crippen LogP contribution in [0, 0.1) is 11.3 Å². The summed E-state index contributed by atoms with van der Waals surface area (Å²) in [5, 5.41) is 9.07. The van der Waals surface area contributed by atoms with Crippen molar-refractivity contribution < 1.29 is 44.3 Å². The number of alkyl halides is 6. The first-order chi connectivity index (χ1) is 19.8. The largest absolute Gasteiger partial charge is 0.417 e. The van der Waals surface area contributed by atoms with Gasteiger partial charge in [0.15, 0.2) is 0 Å². The normalized spacial score (nSPS) is 15.5. The van der Waals surface area contributed by atoms with E-state index < -0.39 is 68.0 Å². The van der Waals surface area contributed by atoms with Crippen molar-refractivity contribution in [3.05, 3.63) is 94.5 Å². The number of carbonyl (C=O) groups is 2. The number of hydrogen-bond donors (Lipinski definition) is 1. The third-order valence-corrected chi connectivity index (χ3v) is 8.00. The number of nitriles is 1. The number of halogens is 6. The highest BCUT2D eigenvalue weighted by Crippen LogP contribution is 2.39. The molecule has 15 heteroatoms. The molecule has 3 aromatic rings. The Labute approximate surface area is 242 Å². The van der Waals surface area contributed by atoms with Crippen molar-refractivity contribution in [2.24, 2.45) is 0 Å². The fourth-order valence-corrected chi connectivity index (χ4v) is 5.71. The fraction of sp³-hybridized carbons (Fsp3) is 0.250. The number of nitrogens with zero attached hydrogens (tertiary/aromatic N) is 3. The molecule has 1 fully saturated rings. The Morgan fingerprint density at radius 3 is 2.12 bits per heavy atom. The number of rotatable bonds is 7. The van der Waals surface area contributed by atoms with Gasteiger partial charge in [0.2, 0.25) is 10.0 Å². The van der Waals surface area contributed by atoms with Crippen molar-refractivity contribution in [2.45, 2.75) is 44.0 Å². The number of urea groups is 1. The van der Waals surface area contributed by atoms with Crippen LogP contribution in [0.25, 0.3) is 0 Å². The van der Waals surface area contributed by atoms with E-state index in [0.29, 0.717) is 11.0 Å². The molecule has 43 heavy (non-hydrogen) atoms. The Hall–Kier alpha value is -4.58. The number of hydrogen-bond acceptors (Lipinski definition) is 5. The van der Waals surface area contributed by atoms with Crippen LogP contribution in [0.2, 0.25) is 0 Å². The van der Waals surface area contributed by atoms with Gasteiger partial charge in [0, 0.05) is 0 Å². The van der Waals surface area contributed by atoms with Crippen LogP contribution in [0.1, 0.15) is 41.7 Å². The lowest BCUT2D eigenvalue weighted by Crippen LogP contribution is -2.43. The second-order valence-electron chi connectivity index (χ2n) is 10.1. The van der Waals surface area contributed by atoms with Gasteiger partial charge in [-0.15, -0.1) is 0 Å². The third kappa shape index (κ3) is 6.43. The van der Waals surface area contributed by atoms with Crippen molar-refractivity contribution in [1.82, 2.24) is 4.90 Å². The van der Waals surface area contributed by atoms with Crippen LogP contribution in [-0.4, -0.2) is 30.8 Å². The minimum absolute atomic E-state index is 0.0154. The summed E-state index contributed by atoms with van der Waals surface area (Å²) in [4.78, 5) is 28.4. The van der Waals surface area contributed by atoms with Crippen LogP contribution in [0.5, 0.6) is 0 Å². The Morgan fingerprint density at radius 2 is 1.53 bits per heavy atom. The Kier molecular flexibility index (Phi) is 7.96. The SMILES string of the molecule is CC1(C)C(=O)N(c2ccc(C#N)c(C(F)(F)F)c2)C(=O)N1Cc1ccccc1NS(=O)(=O)Cc1ccc(C(F)(F)F)cc1. The van der Waals surface area contributed by atoms with Crippen LogP contribution in [-0.2, 0) is 39.5 Å². The third-order valence-electron chi connectivity index (χ3n) is 6.76. The predicted octanol–water partition coefficient (Wildman–Crippen LogP) is 6.29. The van der Waals surface area contributed by atoms with E-state index in [1.807, 2.05) is 0 Å². The topological polar surface area (TPSA) is 111 Å². The van der Waals surface area contributed by atoms with E-state index in [1.54, 1.807) is 0 Å². The van der Waals surface area contributed by atoms with Crippen molar-refractivity contribution in [1.29, 1.82) is 5.26 Å². The van der Waals surface area contributed by atoms with Crippen molar-refractivity contribution in [2.75, 3.05) is 9.62 Å². The first-order valence-electron chi connectivity index (χ1n) is 12.4. The molecule has 4 rings (SSSR count). The predicted molar refractivity (Wildman–Crippen MR) is 143 cm³/mol. The number of para-hydroxylation sites is 1. The van der Waals surface area contributed by atoms with E-state index in [2.05, 4.69) is 4.72 Å². The summed E-state index contributed by atoms with van der Waals surface area (Å²) in [6, 6.07) is 12.4. The molecule has 3 amide bonds. The second kappa shape index (κ2) is 10.9. The molecule has 1 N–H and O–H groups in total. The zero-order chi connectivity index (χ0) is 32.0. The minimum Gasteiger partial charge on any atom is -0.305 e. The maximum atomic E-state index is 13.5. The molecule has 8 nitrogen and oxygen atoms in total. The molecule has 0 bridgehead atoms. The highest BCUT2D eigenvalue weighted by molar-refractivity contribution is 7.91. The summed E-state index contributed by atoms with van der Waals surface area (Å²) in [6.45, 7) is 2.41. The quantitative estimate of drug-likeness (QED) is 0.246. The molecule has 1 aliphatic rings. The van der Waals surface area contributed by atoms with Crippen LogP contribution >= 0.6 is 0 Å². The standard InChI is InChI=1S/C28H22F6N4O4S/c1-26(2)24(39)38(21-12-9-18(14-35)22(13-21)28(32,33)34)25(40)37(26)15-19-5-3-4-6-23(19)36-43(41,42)16-17-7-10-20(11-8-17)27(29,30)31/h3-13,36H,15-16H2,1-2H3. The first-order valence-corrected chi connectivity index (χ1v) is 14.0. The zero-order valence-electron chi connectivity index (χ0n) is 22.4. The minimum atomic E-state index is -4.93. The molecule has 1 aliphatic heterocycles. The summed E-state index contributed by atoms with van der Waals surface area (Å²) in [5.41, 5.74) is -4.61. The van der Waals surface area contributed by atoms with Crippen LogP contribution in [0.15, 0.2) is 66.7 Å². The summed E-state index contributed by atoms with van der Waals surface area (Å²) in [5.74, 6) is -1.52. The molecule has 0 aromatic heterocycles. The van der Waals surface area contributed by atoms with E-state index in [-0.39, 0.29) is 23.4 Å². The number of carbonyl (C=O) groups excluding carboxylic acids is 2. The summed E-state index contributed by atoms with van der Waals surface area (Å²) >= 11 is 0. The van der Waals surface area contributed by atoms with E-state index in [1.165, 1.54) is 44.2 Å². The number of nitrogens with one attached hydrogen (secondary N) is 1. The summed E-state index contributed by atoms with van der Waals surface area (Å²) in [7, 11) is -4.17. The maximum absolute atomic E-state index is 13.5. The van der Waals surface area contributed by atoms with Gasteiger partial charge in [0.1, 0.15) is 5.54 Å². The van der Waals surface area contributed by atoms with Crippen LogP contribution < -0.4 is 9.62 Å². The number of amides is 3. The lowest BCUT2D eigenvalue weighted by molar-refractivity contribution is -0.138. The summed E-state index contributed by atoms with van der Waals surface area (Å²) < 4.78 is 107. The molecular formula is C28H22F6N4O4S. The molecule has 0 saturated carbocycles. The van der Waals surface area contributed by atoms with E-state index in [4.69, 9.17) is 5.26 Å². The lowest BCUT2D eigenvalue weighted by Gasteiger charge is -2.28. The molecule has 3 aromatic carbocycles. The number of sulfonamides is 1. The van der Waals surface area contributed by atoms with Gasteiger partial charge in [-0.3, -0.25) is 9.52 Å². The molecular weight excluding hydrogens is 602 g/mol. The molecule has 0 unspecified atom stereocenters. The fourth-order valence-electron chi connectivity index (χ4n) is 4.47. The number of anilines is 2. The number of imide groups is 1. The van der Waals surface area contributed by atoms with Gasteiger partial charge in [-0.2, -0.15) is 31.6 Å². The van der Waals surface area contributed by atoms with Crippen LogP contribution in [0.4, 0.5) is 42.5 Å². The van der Waals surface area contributed by atoms with Gasteiger partial charge >= 0.3 is 18.4 Å². The van der Waals surface area contributed by atoms with Gasteiger partial charge in [-0.1, -0.05) is 30.3 Å². The van der Waals surface area contributed by atoms with Gasteiger partial charge in [-0.05, 0) is 61.4 Å². The van der Waals surface area contributed by atoms with Gasteiger partial charge in [0.25, 0.3) is 5.91 Å². The van der Waals surface area contributed by atoms with E-state index in [9.17, 15) is 44.3 Å². The molecule has 226 valence electrons. The van der Waals surface area contributed by atoms with Crippen molar-refractivity contribution in [3.8, 4) is 6.07 Å². The van der Waals surface area contributed by atoms with Gasteiger partial charge in [-0.25, -0.2) is 18.1 Å². The van der Waals surface area contributed by atoms with E-state index in [0.717, 1.165) is 41.3 Å². The average Bonchev–Trinajstić information content (AvgIpc) is 3.07. The van der Waals surface area contributed by atoms with Crippen molar-refractivity contribution in [3.63, 3.8) is 0 Å².